The van der Waals surface area contributed by atoms with Gasteiger partial charge in [0.1, 0.15) is 5.82 Å². The van der Waals surface area contributed by atoms with Gasteiger partial charge in [-0.1, -0.05) is 18.0 Å². The van der Waals surface area contributed by atoms with Gasteiger partial charge in [-0.3, -0.25) is 4.79 Å². The Bertz CT molecular complexity index is 432. The predicted molar refractivity (Wildman–Crippen MR) is 68.0 cm³/mol. The van der Waals surface area contributed by atoms with Gasteiger partial charge in [0.15, 0.2) is 0 Å². The Labute approximate surface area is 106 Å². The number of amides is 1. The van der Waals surface area contributed by atoms with Crippen LogP contribution in [0.1, 0.15) is 29.6 Å². The Balaban J connectivity index is 2.09. The molecule has 1 aromatic heterocycles. The van der Waals surface area contributed by atoms with Crippen LogP contribution in [0.4, 0.5) is 5.82 Å². The van der Waals surface area contributed by atoms with Crippen molar-refractivity contribution in [3.8, 4) is 0 Å². The molecule has 0 aromatic carbocycles. The zero-order chi connectivity index (χ0) is 12.4. The zero-order valence-corrected chi connectivity index (χ0v) is 10.6. The summed E-state index contributed by atoms with van der Waals surface area (Å²) in [4.78, 5) is 17.7. The molecular formula is C12H16ClN3O. The largest absolute Gasteiger partial charge is 0.384 e. The van der Waals surface area contributed by atoms with Crippen molar-refractivity contribution in [1.82, 2.24) is 9.88 Å². The van der Waals surface area contributed by atoms with Gasteiger partial charge in [0.05, 0.1) is 10.6 Å². The van der Waals surface area contributed by atoms with Crippen LogP contribution in [-0.4, -0.2) is 29.4 Å². The molecule has 2 N–H and O–H groups in total. The molecule has 1 saturated carbocycles. The molecule has 0 saturated heterocycles. The Kier molecular flexibility index (Phi) is 3.52. The summed E-state index contributed by atoms with van der Waals surface area (Å²) in [6.07, 6.45) is 5.12. The van der Waals surface area contributed by atoms with Crippen molar-refractivity contribution in [2.45, 2.75) is 19.3 Å². The highest BCUT2D eigenvalue weighted by Crippen LogP contribution is 2.27. The maximum Gasteiger partial charge on any atom is 0.255 e. The average molecular weight is 254 g/mol. The minimum absolute atomic E-state index is 0.0870. The average Bonchev–Trinajstić information content (AvgIpc) is 2.25. The number of carbonyl (C=O) groups is 1. The molecule has 1 heterocycles. The van der Waals surface area contributed by atoms with Crippen molar-refractivity contribution in [3.63, 3.8) is 0 Å². The summed E-state index contributed by atoms with van der Waals surface area (Å²) >= 11 is 5.95. The number of hydrogen-bond donors (Lipinski definition) is 1. The maximum absolute atomic E-state index is 12.2. The Morgan fingerprint density at radius 3 is 2.94 bits per heavy atom. The second-order valence-corrected chi connectivity index (χ2v) is 4.98. The van der Waals surface area contributed by atoms with Gasteiger partial charge in [-0.25, -0.2) is 4.98 Å². The van der Waals surface area contributed by atoms with Crippen LogP contribution in [0.15, 0.2) is 12.3 Å². The topological polar surface area (TPSA) is 59.2 Å². The molecule has 0 atom stereocenters. The summed E-state index contributed by atoms with van der Waals surface area (Å²) in [7, 11) is 1.80. The van der Waals surface area contributed by atoms with Gasteiger partial charge in [0.25, 0.3) is 5.91 Å². The van der Waals surface area contributed by atoms with E-state index in [1.165, 1.54) is 31.5 Å². The van der Waals surface area contributed by atoms with Crippen molar-refractivity contribution in [2.75, 3.05) is 19.3 Å². The second-order valence-electron chi connectivity index (χ2n) is 4.57. The van der Waals surface area contributed by atoms with Crippen LogP contribution < -0.4 is 5.73 Å². The molecule has 92 valence electrons. The molecule has 1 aromatic rings. The molecule has 0 spiro atoms. The number of anilines is 1. The molecule has 0 unspecified atom stereocenters. The first-order valence-corrected chi connectivity index (χ1v) is 6.12. The van der Waals surface area contributed by atoms with E-state index in [0.717, 1.165) is 6.54 Å². The van der Waals surface area contributed by atoms with E-state index in [-0.39, 0.29) is 5.91 Å². The standard InChI is InChI=1S/C12H16ClN3O/c1-16(7-8-3-2-4-8)12(17)9-5-11(14)15-6-10(9)13/h5-6,8H,2-4,7H2,1H3,(H2,14,15). The smallest absolute Gasteiger partial charge is 0.255 e. The van der Waals surface area contributed by atoms with Crippen LogP contribution in [-0.2, 0) is 0 Å². The highest BCUT2D eigenvalue weighted by molar-refractivity contribution is 6.33. The van der Waals surface area contributed by atoms with Crippen molar-refractivity contribution in [3.05, 3.63) is 22.8 Å². The van der Waals surface area contributed by atoms with E-state index >= 15 is 0 Å². The molecule has 2 rings (SSSR count). The van der Waals surface area contributed by atoms with Crippen LogP contribution in [0.2, 0.25) is 5.02 Å². The van der Waals surface area contributed by atoms with E-state index < -0.39 is 0 Å². The van der Waals surface area contributed by atoms with Crippen LogP contribution in [0, 0.1) is 5.92 Å². The lowest BCUT2D eigenvalue weighted by molar-refractivity contribution is 0.0745. The van der Waals surface area contributed by atoms with Crippen LogP contribution in [0.3, 0.4) is 0 Å². The maximum atomic E-state index is 12.2. The van der Waals surface area contributed by atoms with Gasteiger partial charge in [-0.2, -0.15) is 0 Å². The summed E-state index contributed by atoms with van der Waals surface area (Å²) in [5, 5.41) is 0.352. The first-order chi connectivity index (χ1) is 8.08. The van der Waals surface area contributed by atoms with Crippen molar-refractivity contribution >= 4 is 23.3 Å². The molecule has 1 aliphatic carbocycles. The zero-order valence-electron chi connectivity index (χ0n) is 9.82. The van der Waals surface area contributed by atoms with Gasteiger partial charge in [0, 0.05) is 19.8 Å². The minimum Gasteiger partial charge on any atom is -0.384 e. The van der Waals surface area contributed by atoms with Crippen LogP contribution in [0.5, 0.6) is 0 Å². The monoisotopic (exact) mass is 253 g/mol. The fraction of sp³-hybridized carbons (Fsp3) is 0.500. The normalized spacial score (nSPS) is 15.4. The third kappa shape index (κ3) is 2.69. The van der Waals surface area contributed by atoms with E-state index in [1.54, 1.807) is 11.9 Å². The predicted octanol–water partition coefficient (Wildman–Crippen LogP) is 2.19. The molecule has 1 amide bonds. The van der Waals surface area contributed by atoms with Gasteiger partial charge < -0.3 is 10.6 Å². The lowest BCUT2D eigenvalue weighted by Crippen LogP contribution is -2.34. The number of nitrogens with zero attached hydrogens (tertiary/aromatic N) is 2. The Morgan fingerprint density at radius 2 is 2.35 bits per heavy atom. The van der Waals surface area contributed by atoms with Gasteiger partial charge >= 0.3 is 0 Å². The molecular weight excluding hydrogens is 238 g/mol. The summed E-state index contributed by atoms with van der Waals surface area (Å²) < 4.78 is 0. The van der Waals surface area contributed by atoms with E-state index in [1.807, 2.05) is 0 Å². The lowest BCUT2D eigenvalue weighted by atomic mass is 9.85. The fourth-order valence-corrected chi connectivity index (χ4v) is 2.15. The quantitative estimate of drug-likeness (QED) is 0.898. The summed E-state index contributed by atoms with van der Waals surface area (Å²) in [5.74, 6) is 0.868. The van der Waals surface area contributed by atoms with E-state index in [2.05, 4.69) is 4.98 Å². The van der Waals surface area contributed by atoms with Crippen LogP contribution in [0.25, 0.3) is 0 Å². The minimum atomic E-state index is -0.0870. The van der Waals surface area contributed by atoms with E-state index in [9.17, 15) is 4.79 Å². The van der Waals surface area contributed by atoms with Crippen molar-refractivity contribution < 1.29 is 4.79 Å². The number of carbonyl (C=O) groups excluding carboxylic acids is 1. The molecule has 4 nitrogen and oxygen atoms in total. The highest BCUT2D eigenvalue weighted by Gasteiger charge is 2.23. The number of aromatic nitrogens is 1. The summed E-state index contributed by atoms with van der Waals surface area (Å²) in [5.41, 5.74) is 6.00. The third-order valence-electron chi connectivity index (χ3n) is 3.21. The summed E-state index contributed by atoms with van der Waals surface area (Å²) in [6.45, 7) is 0.789. The highest BCUT2D eigenvalue weighted by atomic mass is 35.5. The number of rotatable bonds is 3. The lowest BCUT2D eigenvalue weighted by Gasteiger charge is -2.30. The second kappa shape index (κ2) is 4.92. The SMILES string of the molecule is CN(CC1CCC1)C(=O)c1cc(N)ncc1Cl. The van der Waals surface area contributed by atoms with Crippen molar-refractivity contribution in [2.24, 2.45) is 5.92 Å². The van der Waals surface area contributed by atoms with Gasteiger partial charge in [0.2, 0.25) is 0 Å². The molecule has 0 bridgehead atoms. The number of hydrogen-bond acceptors (Lipinski definition) is 3. The number of nitrogen functional groups attached to an aromatic ring is 1. The number of pyridine rings is 1. The van der Waals surface area contributed by atoms with Gasteiger partial charge in [-0.05, 0) is 24.8 Å². The molecule has 0 aliphatic heterocycles. The third-order valence-corrected chi connectivity index (χ3v) is 3.51. The molecule has 1 fully saturated rings. The van der Waals surface area contributed by atoms with E-state index in [4.69, 9.17) is 17.3 Å². The number of halogens is 1. The van der Waals surface area contributed by atoms with Gasteiger partial charge in [-0.15, -0.1) is 0 Å². The van der Waals surface area contributed by atoms with Crippen LogP contribution >= 0.6 is 11.6 Å². The molecule has 1 aliphatic rings. The Morgan fingerprint density at radius 1 is 1.65 bits per heavy atom. The van der Waals surface area contributed by atoms with Crippen molar-refractivity contribution in [1.29, 1.82) is 0 Å². The van der Waals surface area contributed by atoms with E-state index in [0.29, 0.717) is 22.3 Å². The fourth-order valence-electron chi connectivity index (χ4n) is 1.97. The number of nitrogens with two attached hydrogens (primary N) is 1. The first-order valence-electron chi connectivity index (χ1n) is 5.74. The molecule has 0 radical (unpaired) electrons. The Hall–Kier alpha value is -1.29. The molecule has 5 heteroatoms. The first kappa shape index (κ1) is 12.2. The molecule has 17 heavy (non-hydrogen) atoms. The summed E-state index contributed by atoms with van der Waals surface area (Å²) in [6, 6.07) is 1.53.